The van der Waals surface area contributed by atoms with Crippen LogP contribution in [0, 0.1) is 0 Å². The molecule has 3 heteroatoms. The highest BCUT2D eigenvalue weighted by atomic mass is 17.2. The molecule has 0 aliphatic heterocycles. The molecule has 2 aromatic rings. The van der Waals surface area contributed by atoms with E-state index in [9.17, 15) is 0 Å². The fraction of sp³-hybridized carbons (Fsp3) is 0.125. The van der Waals surface area contributed by atoms with Gasteiger partial charge < -0.3 is 9.62 Å². The summed E-state index contributed by atoms with van der Waals surface area (Å²) in [4.78, 5) is 10.1. The smallest absolute Gasteiger partial charge is 0.214 e. The van der Waals surface area contributed by atoms with Crippen LogP contribution in [0.1, 0.15) is 11.1 Å². The van der Waals surface area contributed by atoms with Crippen LogP contribution in [-0.4, -0.2) is 14.2 Å². The lowest BCUT2D eigenvalue weighted by molar-refractivity contribution is -0.208. The molecule has 0 aromatic heterocycles. The maximum absolute atomic E-state index is 5.48. The predicted molar refractivity (Wildman–Crippen MR) is 74.8 cm³/mol. The van der Waals surface area contributed by atoms with Gasteiger partial charge in [0.05, 0.1) is 14.2 Å². The minimum absolute atomic E-state index is 0.553. The van der Waals surface area contributed by atoms with Crippen LogP contribution in [0.15, 0.2) is 60.7 Å². The van der Waals surface area contributed by atoms with Gasteiger partial charge in [0.25, 0.3) is 0 Å². The molecule has 0 spiro atoms. The van der Waals surface area contributed by atoms with Gasteiger partial charge in [0, 0.05) is 11.1 Å². The van der Waals surface area contributed by atoms with E-state index in [-0.39, 0.29) is 0 Å². The molecule has 0 heterocycles. The van der Waals surface area contributed by atoms with Crippen LogP contribution in [0.4, 0.5) is 0 Å². The van der Waals surface area contributed by atoms with Crippen LogP contribution >= 0.6 is 0 Å². The Balaban J connectivity index is 2.53. The molecule has 98 valence electrons. The fourth-order valence-electron chi connectivity index (χ4n) is 1.82. The van der Waals surface area contributed by atoms with Crippen LogP contribution in [-0.2, 0) is 14.5 Å². The van der Waals surface area contributed by atoms with E-state index in [1.54, 1.807) is 7.11 Å². The van der Waals surface area contributed by atoms with Crippen LogP contribution in [0.5, 0.6) is 0 Å². The standard InChI is InChI=1S/C16H16O3/c1-17-15(13-9-5-3-6-10-13)16(19-18-2)14-11-7-4-8-12-14/h3-12H,1-2H3. The van der Waals surface area contributed by atoms with Crippen molar-refractivity contribution in [2.45, 2.75) is 0 Å². The lowest BCUT2D eigenvalue weighted by atomic mass is 10.1. The molecule has 0 bridgehead atoms. The number of hydrogen-bond donors (Lipinski definition) is 0. The second-order valence-corrected chi connectivity index (χ2v) is 3.84. The van der Waals surface area contributed by atoms with Crippen molar-refractivity contribution < 1.29 is 14.5 Å². The zero-order valence-corrected chi connectivity index (χ0v) is 11.0. The zero-order chi connectivity index (χ0) is 13.5. The third-order valence-electron chi connectivity index (χ3n) is 2.65. The molecule has 2 rings (SSSR count). The zero-order valence-electron chi connectivity index (χ0n) is 11.0. The lowest BCUT2D eigenvalue weighted by Gasteiger charge is -2.13. The summed E-state index contributed by atoms with van der Waals surface area (Å²) in [6, 6.07) is 19.5. The van der Waals surface area contributed by atoms with Gasteiger partial charge in [-0.05, 0) is 0 Å². The topological polar surface area (TPSA) is 27.7 Å². The minimum atomic E-state index is 0.553. The Morgan fingerprint density at radius 3 is 1.58 bits per heavy atom. The molecule has 19 heavy (non-hydrogen) atoms. The summed E-state index contributed by atoms with van der Waals surface area (Å²) in [6.07, 6.45) is 0. The van der Waals surface area contributed by atoms with Gasteiger partial charge in [-0.3, -0.25) is 0 Å². The second-order valence-electron chi connectivity index (χ2n) is 3.84. The Morgan fingerprint density at radius 1 is 0.684 bits per heavy atom. The maximum Gasteiger partial charge on any atom is 0.214 e. The van der Waals surface area contributed by atoms with Crippen molar-refractivity contribution in [3.8, 4) is 0 Å². The Hall–Kier alpha value is -2.26. The summed E-state index contributed by atoms with van der Waals surface area (Å²) in [5.41, 5.74) is 1.82. The first-order valence-electron chi connectivity index (χ1n) is 5.96. The van der Waals surface area contributed by atoms with Gasteiger partial charge in [-0.2, -0.15) is 4.89 Å². The molecule has 0 radical (unpaired) electrons. The summed E-state index contributed by atoms with van der Waals surface area (Å²) in [5, 5.41) is 0. The van der Waals surface area contributed by atoms with Gasteiger partial charge in [0.2, 0.25) is 5.76 Å². The normalized spacial score (nSPS) is 11.7. The lowest BCUT2D eigenvalue weighted by Crippen LogP contribution is -1.98. The summed E-state index contributed by atoms with van der Waals surface area (Å²) in [5.74, 6) is 1.19. The molecule has 0 fully saturated rings. The molecule has 0 N–H and O–H groups in total. The van der Waals surface area contributed by atoms with E-state index in [1.165, 1.54) is 7.11 Å². The van der Waals surface area contributed by atoms with Gasteiger partial charge in [-0.1, -0.05) is 60.7 Å². The van der Waals surface area contributed by atoms with Crippen molar-refractivity contribution in [1.29, 1.82) is 0 Å². The van der Waals surface area contributed by atoms with Crippen molar-refractivity contribution in [2.24, 2.45) is 0 Å². The van der Waals surface area contributed by atoms with Crippen LogP contribution < -0.4 is 0 Å². The van der Waals surface area contributed by atoms with E-state index in [2.05, 4.69) is 0 Å². The Morgan fingerprint density at radius 2 is 1.16 bits per heavy atom. The third-order valence-corrected chi connectivity index (χ3v) is 2.65. The number of benzene rings is 2. The molecule has 0 aliphatic rings. The van der Waals surface area contributed by atoms with Crippen LogP contribution in [0.3, 0.4) is 0 Å². The summed E-state index contributed by atoms with van der Waals surface area (Å²) in [7, 11) is 3.09. The van der Waals surface area contributed by atoms with Gasteiger partial charge in [-0.15, -0.1) is 0 Å². The molecule has 0 unspecified atom stereocenters. The molecule has 0 aliphatic carbocycles. The van der Waals surface area contributed by atoms with Crippen molar-refractivity contribution in [3.63, 3.8) is 0 Å². The highest BCUT2D eigenvalue weighted by molar-refractivity contribution is 5.83. The molecular formula is C16H16O3. The third kappa shape index (κ3) is 3.14. The van der Waals surface area contributed by atoms with E-state index in [4.69, 9.17) is 14.5 Å². The summed E-state index contributed by atoms with van der Waals surface area (Å²) < 4.78 is 5.48. The van der Waals surface area contributed by atoms with Crippen molar-refractivity contribution in [1.82, 2.24) is 0 Å². The first-order chi connectivity index (χ1) is 9.36. The average molecular weight is 256 g/mol. The number of ether oxygens (including phenoxy) is 1. The van der Waals surface area contributed by atoms with Gasteiger partial charge in [0.1, 0.15) is 0 Å². The van der Waals surface area contributed by atoms with Crippen molar-refractivity contribution in [3.05, 3.63) is 71.8 Å². The quantitative estimate of drug-likeness (QED) is 0.353. The van der Waals surface area contributed by atoms with Gasteiger partial charge in [0.15, 0.2) is 5.76 Å². The fourth-order valence-corrected chi connectivity index (χ4v) is 1.82. The Labute approximate surface area is 113 Å². The predicted octanol–water partition coefficient (Wildman–Crippen LogP) is 3.74. The van der Waals surface area contributed by atoms with E-state index >= 15 is 0 Å². The first-order valence-corrected chi connectivity index (χ1v) is 5.96. The van der Waals surface area contributed by atoms with E-state index in [0.29, 0.717) is 11.5 Å². The summed E-state index contributed by atoms with van der Waals surface area (Å²) >= 11 is 0. The van der Waals surface area contributed by atoms with Crippen molar-refractivity contribution in [2.75, 3.05) is 14.2 Å². The average Bonchev–Trinajstić information content (AvgIpc) is 2.49. The Kier molecular flexibility index (Phi) is 4.59. The SMILES string of the molecule is COOC(=C(OC)c1ccccc1)c1ccccc1. The monoisotopic (exact) mass is 256 g/mol. The van der Waals surface area contributed by atoms with E-state index in [0.717, 1.165) is 11.1 Å². The van der Waals surface area contributed by atoms with E-state index < -0.39 is 0 Å². The number of hydrogen-bond acceptors (Lipinski definition) is 3. The molecular weight excluding hydrogens is 240 g/mol. The molecule has 0 amide bonds. The minimum Gasteiger partial charge on any atom is -0.492 e. The van der Waals surface area contributed by atoms with Crippen LogP contribution in [0.25, 0.3) is 11.5 Å². The number of rotatable bonds is 5. The van der Waals surface area contributed by atoms with Gasteiger partial charge in [-0.25, -0.2) is 0 Å². The van der Waals surface area contributed by atoms with E-state index in [1.807, 2.05) is 60.7 Å². The maximum atomic E-state index is 5.48. The molecule has 2 aromatic carbocycles. The molecule has 0 atom stereocenters. The molecule has 3 nitrogen and oxygen atoms in total. The molecule has 0 saturated heterocycles. The Bertz CT molecular complexity index is 532. The highest BCUT2D eigenvalue weighted by Crippen LogP contribution is 2.27. The number of methoxy groups -OCH3 is 1. The van der Waals surface area contributed by atoms with Gasteiger partial charge >= 0.3 is 0 Å². The summed E-state index contributed by atoms with van der Waals surface area (Å²) in [6.45, 7) is 0. The molecule has 0 saturated carbocycles. The highest BCUT2D eigenvalue weighted by Gasteiger charge is 2.14. The largest absolute Gasteiger partial charge is 0.492 e. The second kappa shape index (κ2) is 6.61. The first kappa shape index (κ1) is 13.2. The van der Waals surface area contributed by atoms with Crippen LogP contribution in [0.2, 0.25) is 0 Å². The van der Waals surface area contributed by atoms with Crippen molar-refractivity contribution >= 4 is 11.5 Å².